The average Bonchev–Trinajstić information content (AvgIpc) is 2.72. The van der Waals surface area contributed by atoms with E-state index in [0.29, 0.717) is 0 Å². The minimum absolute atomic E-state index is 0.791. The highest BCUT2D eigenvalue weighted by Crippen LogP contribution is 2.22. The molecule has 0 saturated carbocycles. The first-order chi connectivity index (χ1) is 8.15. The first-order valence-electron chi connectivity index (χ1n) is 5.79. The highest BCUT2D eigenvalue weighted by Gasteiger charge is 2.10. The van der Waals surface area contributed by atoms with Gasteiger partial charge in [-0.1, -0.05) is 13.8 Å². The van der Waals surface area contributed by atoms with E-state index in [2.05, 4.69) is 47.6 Å². The van der Waals surface area contributed by atoms with E-state index in [1.165, 1.54) is 5.69 Å². The predicted molar refractivity (Wildman–Crippen MR) is 79.4 cm³/mol. The van der Waals surface area contributed by atoms with E-state index >= 15 is 0 Å². The van der Waals surface area contributed by atoms with Gasteiger partial charge in [0.15, 0.2) is 0 Å². The smallest absolute Gasteiger partial charge is 0.0783 e. The Labute approximate surface area is 115 Å². The van der Waals surface area contributed by atoms with Crippen molar-refractivity contribution >= 4 is 28.3 Å². The van der Waals surface area contributed by atoms with Crippen LogP contribution in [-0.2, 0) is 12.8 Å². The molecule has 1 aromatic heterocycles. The van der Waals surface area contributed by atoms with Crippen LogP contribution < -0.4 is 5.73 Å². The largest absolute Gasteiger partial charge is 0.399 e. The van der Waals surface area contributed by atoms with Gasteiger partial charge >= 0.3 is 0 Å². The topological polar surface area (TPSA) is 43.8 Å². The van der Waals surface area contributed by atoms with Crippen LogP contribution >= 0.6 is 22.6 Å². The Morgan fingerprint density at radius 3 is 2.59 bits per heavy atom. The van der Waals surface area contributed by atoms with Gasteiger partial charge in [-0.15, -0.1) is 0 Å². The molecular formula is C13H16IN3. The maximum Gasteiger partial charge on any atom is 0.0783 e. The maximum atomic E-state index is 5.77. The molecule has 2 aromatic rings. The summed E-state index contributed by atoms with van der Waals surface area (Å²) < 4.78 is 3.16. The zero-order valence-corrected chi connectivity index (χ0v) is 12.2. The Morgan fingerprint density at radius 2 is 2.00 bits per heavy atom. The molecule has 0 fully saturated rings. The Balaban J connectivity index is 2.55. The molecule has 17 heavy (non-hydrogen) atoms. The first kappa shape index (κ1) is 12.4. The molecule has 90 valence electrons. The number of halogens is 1. The lowest BCUT2D eigenvalue weighted by Crippen LogP contribution is -2.04. The Hall–Kier alpha value is -1.04. The summed E-state index contributed by atoms with van der Waals surface area (Å²) in [6, 6.07) is 8.10. The van der Waals surface area contributed by atoms with Crippen molar-refractivity contribution in [3.8, 4) is 5.69 Å². The molecule has 0 radical (unpaired) electrons. The molecule has 0 unspecified atom stereocenters. The van der Waals surface area contributed by atoms with Gasteiger partial charge in [-0.25, -0.2) is 4.68 Å². The molecule has 0 saturated heterocycles. The highest BCUT2D eigenvalue weighted by atomic mass is 127. The van der Waals surface area contributed by atoms with E-state index in [9.17, 15) is 0 Å². The quantitative estimate of drug-likeness (QED) is 0.688. The first-order valence-corrected chi connectivity index (χ1v) is 6.86. The molecule has 0 aliphatic heterocycles. The molecule has 0 aliphatic rings. The Kier molecular flexibility index (Phi) is 3.71. The monoisotopic (exact) mass is 341 g/mol. The number of hydrogen-bond donors (Lipinski definition) is 1. The summed E-state index contributed by atoms with van der Waals surface area (Å²) in [5.41, 5.74) is 10.0. The number of nitrogens with zero attached hydrogens (tertiary/aromatic N) is 2. The second-order valence-corrected chi connectivity index (χ2v) is 5.12. The Morgan fingerprint density at radius 1 is 1.24 bits per heavy atom. The van der Waals surface area contributed by atoms with Gasteiger partial charge in [0.25, 0.3) is 0 Å². The number of hydrogen-bond acceptors (Lipinski definition) is 2. The molecule has 2 rings (SSSR count). The van der Waals surface area contributed by atoms with E-state index in [4.69, 9.17) is 5.73 Å². The lowest BCUT2D eigenvalue weighted by molar-refractivity contribution is 0.791. The van der Waals surface area contributed by atoms with Gasteiger partial charge in [-0.3, -0.25) is 0 Å². The van der Waals surface area contributed by atoms with Gasteiger partial charge in [0.1, 0.15) is 0 Å². The summed E-state index contributed by atoms with van der Waals surface area (Å²) in [6.07, 6.45) is 1.94. The van der Waals surface area contributed by atoms with Gasteiger partial charge in [-0.2, -0.15) is 5.10 Å². The summed E-state index contributed by atoms with van der Waals surface area (Å²) in [5, 5.41) is 4.63. The van der Waals surface area contributed by atoms with Crippen molar-refractivity contribution in [3.05, 3.63) is 39.2 Å². The van der Waals surface area contributed by atoms with Gasteiger partial charge in [0, 0.05) is 15.0 Å². The van der Waals surface area contributed by atoms with E-state index < -0.39 is 0 Å². The van der Waals surface area contributed by atoms with Crippen molar-refractivity contribution in [2.75, 3.05) is 5.73 Å². The minimum atomic E-state index is 0.791. The van der Waals surface area contributed by atoms with E-state index in [1.807, 2.05) is 22.9 Å². The number of nitrogen functional groups attached to an aromatic ring is 1. The van der Waals surface area contributed by atoms with Crippen LogP contribution in [0.2, 0.25) is 0 Å². The molecule has 0 aliphatic carbocycles. The number of nitrogens with two attached hydrogens (primary N) is 1. The molecular weight excluding hydrogens is 325 g/mol. The summed E-state index contributed by atoms with van der Waals surface area (Å²) in [6.45, 7) is 4.27. The summed E-state index contributed by atoms with van der Waals surface area (Å²) in [7, 11) is 0. The zero-order chi connectivity index (χ0) is 12.4. The third kappa shape index (κ3) is 2.46. The third-order valence-corrected chi connectivity index (χ3v) is 3.62. The molecule has 1 heterocycles. The molecule has 0 amide bonds. The summed E-state index contributed by atoms with van der Waals surface area (Å²) in [5.74, 6) is 0. The van der Waals surface area contributed by atoms with Crippen LogP contribution in [0.15, 0.2) is 24.3 Å². The lowest BCUT2D eigenvalue weighted by Gasteiger charge is -2.08. The second kappa shape index (κ2) is 5.08. The fourth-order valence-corrected chi connectivity index (χ4v) is 2.57. The summed E-state index contributed by atoms with van der Waals surface area (Å²) in [4.78, 5) is 0. The van der Waals surface area contributed by atoms with Crippen LogP contribution in [-0.4, -0.2) is 9.78 Å². The zero-order valence-electron chi connectivity index (χ0n) is 10.1. The van der Waals surface area contributed by atoms with Crippen molar-refractivity contribution in [2.24, 2.45) is 0 Å². The minimum Gasteiger partial charge on any atom is -0.399 e. The molecule has 0 atom stereocenters. The van der Waals surface area contributed by atoms with Crippen molar-refractivity contribution < 1.29 is 0 Å². The number of benzene rings is 1. The molecule has 0 spiro atoms. The van der Waals surface area contributed by atoms with Gasteiger partial charge in [-0.05, 0) is 59.7 Å². The van der Waals surface area contributed by atoms with Gasteiger partial charge in [0.05, 0.1) is 11.4 Å². The number of aromatic nitrogens is 2. The van der Waals surface area contributed by atoms with Crippen molar-refractivity contribution in [3.63, 3.8) is 0 Å². The van der Waals surface area contributed by atoms with Gasteiger partial charge in [0.2, 0.25) is 0 Å². The lowest BCUT2D eigenvalue weighted by atomic mass is 10.2. The van der Waals surface area contributed by atoms with Crippen LogP contribution in [0.25, 0.3) is 5.69 Å². The van der Waals surface area contributed by atoms with Crippen LogP contribution in [0, 0.1) is 3.57 Å². The standard InChI is InChI=1S/C13H16IN3/c1-3-10-8-11(4-2)17(16-10)13-6-5-9(15)7-12(13)14/h5-8H,3-4,15H2,1-2H3. The van der Waals surface area contributed by atoms with Crippen LogP contribution in [0.3, 0.4) is 0 Å². The summed E-state index contributed by atoms with van der Waals surface area (Å²) >= 11 is 2.30. The number of rotatable bonds is 3. The SMILES string of the molecule is CCc1cc(CC)n(-c2ccc(N)cc2I)n1. The highest BCUT2D eigenvalue weighted by molar-refractivity contribution is 14.1. The molecule has 2 N–H and O–H groups in total. The van der Waals surface area contributed by atoms with Gasteiger partial charge < -0.3 is 5.73 Å². The van der Waals surface area contributed by atoms with E-state index in [0.717, 1.165) is 33.5 Å². The van der Waals surface area contributed by atoms with Crippen molar-refractivity contribution in [2.45, 2.75) is 26.7 Å². The van der Waals surface area contributed by atoms with Crippen LogP contribution in [0.1, 0.15) is 25.2 Å². The third-order valence-electron chi connectivity index (χ3n) is 2.76. The van der Waals surface area contributed by atoms with Crippen LogP contribution in [0.5, 0.6) is 0 Å². The van der Waals surface area contributed by atoms with Crippen LogP contribution in [0.4, 0.5) is 5.69 Å². The molecule has 1 aromatic carbocycles. The fourth-order valence-electron chi connectivity index (χ4n) is 1.80. The number of anilines is 1. The maximum absolute atomic E-state index is 5.77. The molecule has 4 heteroatoms. The van der Waals surface area contributed by atoms with E-state index in [-0.39, 0.29) is 0 Å². The average molecular weight is 341 g/mol. The van der Waals surface area contributed by atoms with Crippen molar-refractivity contribution in [1.29, 1.82) is 0 Å². The molecule has 0 bridgehead atoms. The van der Waals surface area contributed by atoms with E-state index in [1.54, 1.807) is 0 Å². The second-order valence-electron chi connectivity index (χ2n) is 3.96. The fraction of sp³-hybridized carbons (Fsp3) is 0.308. The Bertz CT molecular complexity index is 531. The number of aryl methyl sites for hydroxylation is 2. The molecule has 3 nitrogen and oxygen atoms in total. The predicted octanol–water partition coefficient (Wildman–Crippen LogP) is 3.18. The van der Waals surface area contributed by atoms with Crippen molar-refractivity contribution in [1.82, 2.24) is 9.78 Å². The normalized spacial score (nSPS) is 10.8.